The molecule has 1 aliphatic carbocycles. The quantitative estimate of drug-likeness (QED) is 0.807. The number of carbonyl (C=O) groups is 1. The lowest BCUT2D eigenvalue weighted by atomic mass is 10.2. The summed E-state index contributed by atoms with van der Waals surface area (Å²) >= 11 is 0. The van der Waals surface area contributed by atoms with Crippen molar-refractivity contribution in [2.24, 2.45) is 0 Å². The first-order valence-corrected chi connectivity index (χ1v) is 9.19. The molecule has 0 unspecified atom stereocenters. The number of nitrogens with one attached hydrogen (secondary N) is 1. The third-order valence-electron chi connectivity index (χ3n) is 4.66. The minimum absolute atomic E-state index is 0.0517. The maximum Gasteiger partial charge on any atom is 0.254 e. The molecule has 7 nitrogen and oxygen atoms in total. The lowest BCUT2D eigenvalue weighted by Gasteiger charge is -2.16. The first-order valence-electron chi connectivity index (χ1n) is 9.19. The molecule has 0 bridgehead atoms. The zero-order valence-electron chi connectivity index (χ0n) is 15.7. The molecule has 1 aliphatic rings. The van der Waals surface area contributed by atoms with Crippen LogP contribution in [0.1, 0.15) is 37.2 Å². The second-order valence-electron chi connectivity index (χ2n) is 6.75. The zero-order chi connectivity index (χ0) is 19.2. The highest BCUT2D eigenvalue weighted by molar-refractivity contribution is 5.76. The van der Waals surface area contributed by atoms with Crippen LogP contribution in [0, 0.1) is 6.92 Å². The molecule has 1 aromatic carbocycles. The number of hydrogen-bond donors (Lipinski definition) is 1. The van der Waals surface area contributed by atoms with Crippen molar-refractivity contribution in [2.75, 3.05) is 7.11 Å². The fraction of sp³-hybridized carbons (Fsp3) is 0.450. The van der Waals surface area contributed by atoms with Crippen molar-refractivity contribution < 1.29 is 14.3 Å². The summed E-state index contributed by atoms with van der Waals surface area (Å²) in [5.41, 5.74) is 0.346. The van der Waals surface area contributed by atoms with E-state index in [1.54, 1.807) is 38.3 Å². The minimum atomic E-state index is -0.252. The highest BCUT2D eigenvalue weighted by atomic mass is 16.5. The zero-order valence-corrected chi connectivity index (χ0v) is 15.7. The van der Waals surface area contributed by atoms with E-state index in [9.17, 15) is 9.59 Å². The fourth-order valence-electron chi connectivity index (χ4n) is 3.27. The lowest BCUT2D eigenvalue weighted by molar-refractivity contribution is -0.122. The standard InChI is InChI=1S/C20H25N3O4/c1-14-11-20(25)23(12-19(24)22-15-5-3-4-6-15)18(21-14)13-27-17-9-7-16(26-2)8-10-17/h7-11,15H,3-6,12-13H2,1-2H3,(H,22,24). The molecule has 0 saturated heterocycles. The summed E-state index contributed by atoms with van der Waals surface area (Å²) in [7, 11) is 1.60. The van der Waals surface area contributed by atoms with Crippen molar-refractivity contribution in [3.8, 4) is 11.5 Å². The summed E-state index contributed by atoms with van der Waals surface area (Å²) in [4.78, 5) is 29.1. The van der Waals surface area contributed by atoms with E-state index < -0.39 is 0 Å². The number of nitrogens with zero attached hydrogens (tertiary/aromatic N) is 2. The summed E-state index contributed by atoms with van der Waals surface area (Å²) < 4.78 is 12.2. The Morgan fingerprint density at radius 1 is 1.22 bits per heavy atom. The van der Waals surface area contributed by atoms with E-state index in [1.165, 1.54) is 10.6 Å². The van der Waals surface area contributed by atoms with Crippen LogP contribution in [-0.2, 0) is 17.9 Å². The molecule has 0 radical (unpaired) electrons. The number of carbonyl (C=O) groups excluding carboxylic acids is 1. The van der Waals surface area contributed by atoms with Crippen LogP contribution >= 0.6 is 0 Å². The van der Waals surface area contributed by atoms with Gasteiger partial charge in [0.05, 0.1) is 7.11 Å². The number of hydrogen-bond acceptors (Lipinski definition) is 5. The van der Waals surface area contributed by atoms with Gasteiger partial charge in [-0.25, -0.2) is 4.98 Å². The van der Waals surface area contributed by atoms with Crippen LogP contribution in [0.2, 0.25) is 0 Å². The number of aryl methyl sites for hydroxylation is 1. The molecule has 1 heterocycles. The van der Waals surface area contributed by atoms with Gasteiger partial charge < -0.3 is 14.8 Å². The van der Waals surface area contributed by atoms with Gasteiger partial charge in [-0.2, -0.15) is 0 Å². The second kappa shape index (κ2) is 8.70. The summed E-state index contributed by atoms with van der Waals surface area (Å²) in [6.07, 6.45) is 4.27. The van der Waals surface area contributed by atoms with E-state index in [1.807, 2.05) is 0 Å². The average Bonchev–Trinajstić information content (AvgIpc) is 3.15. The molecular weight excluding hydrogens is 346 g/mol. The van der Waals surface area contributed by atoms with E-state index in [4.69, 9.17) is 9.47 Å². The Morgan fingerprint density at radius 2 is 1.89 bits per heavy atom. The van der Waals surface area contributed by atoms with Gasteiger partial charge in [-0.3, -0.25) is 14.2 Å². The Labute approximate surface area is 158 Å². The first kappa shape index (κ1) is 18.9. The topological polar surface area (TPSA) is 82.5 Å². The molecule has 0 aliphatic heterocycles. The van der Waals surface area contributed by atoms with Crippen molar-refractivity contribution in [1.29, 1.82) is 0 Å². The van der Waals surface area contributed by atoms with Crippen molar-refractivity contribution in [3.05, 3.63) is 52.2 Å². The van der Waals surface area contributed by atoms with Crippen molar-refractivity contribution >= 4 is 5.91 Å². The third kappa shape index (κ3) is 5.09. The minimum Gasteiger partial charge on any atom is -0.497 e. The van der Waals surface area contributed by atoms with Gasteiger partial charge >= 0.3 is 0 Å². The van der Waals surface area contributed by atoms with E-state index in [0.717, 1.165) is 31.4 Å². The maximum absolute atomic E-state index is 12.4. The van der Waals surface area contributed by atoms with Crippen LogP contribution < -0.4 is 20.3 Å². The highest BCUT2D eigenvalue weighted by Gasteiger charge is 2.18. The smallest absolute Gasteiger partial charge is 0.254 e. The number of benzene rings is 1. The number of aromatic nitrogens is 2. The molecule has 7 heteroatoms. The molecule has 1 saturated carbocycles. The number of methoxy groups -OCH3 is 1. The second-order valence-corrected chi connectivity index (χ2v) is 6.75. The monoisotopic (exact) mass is 371 g/mol. The fourth-order valence-corrected chi connectivity index (χ4v) is 3.27. The Balaban J connectivity index is 1.71. The Kier molecular flexibility index (Phi) is 6.11. The van der Waals surface area contributed by atoms with E-state index in [0.29, 0.717) is 17.3 Å². The van der Waals surface area contributed by atoms with Crippen LogP contribution in [0.25, 0.3) is 0 Å². The molecule has 1 amide bonds. The molecule has 1 N–H and O–H groups in total. The molecule has 1 fully saturated rings. The molecule has 0 atom stereocenters. The van der Waals surface area contributed by atoms with Gasteiger partial charge in [0, 0.05) is 17.8 Å². The summed E-state index contributed by atoms with van der Waals surface area (Å²) in [6, 6.07) is 8.79. The van der Waals surface area contributed by atoms with Gasteiger partial charge in [-0.15, -0.1) is 0 Å². The average molecular weight is 371 g/mol. The molecular formula is C20H25N3O4. The lowest BCUT2D eigenvalue weighted by Crippen LogP contribution is -2.39. The summed E-state index contributed by atoms with van der Waals surface area (Å²) in [5, 5.41) is 3.00. The van der Waals surface area contributed by atoms with E-state index >= 15 is 0 Å². The number of ether oxygens (including phenoxy) is 2. The number of amides is 1. The third-order valence-corrected chi connectivity index (χ3v) is 4.66. The van der Waals surface area contributed by atoms with Gasteiger partial charge in [-0.1, -0.05) is 12.8 Å². The molecule has 144 valence electrons. The SMILES string of the molecule is COc1ccc(OCc2nc(C)cc(=O)n2CC(=O)NC2CCCC2)cc1. The molecule has 2 aromatic rings. The Morgan fingerprint density at radius 3 is 2.56 bits per heavy atom. The van der Waals surface area contributed by atoms with Crippen LogP contribution in [0.15, 0.2) is 35.1 Å². The number of rotatable bonds is 7. The van der Waals surface area contributed by atoms with E-state index in [-0.39, 0.29) is 30.7 Å². The predicted octanol–water partition coefficient (Wildman–Crippen LogP) is 2.20. The van der Waals surface area contributed by atoms with Crippen molar-refractivity contribution in [3.63, 3.8) is 0 Å². The Hall–Kier alpha value is -2.83. The van der Waals surface area contributed by atoms with Gasteiger partial charge in [-0.05, 0) is 44.0 Å². The summed E-state index contributed by atoms with van der Waals surface area (Å²) in [6.45, 7) is 1.80. The van der Waals surface area contributed by atoms with E-state index in [2.05, 4.69) is 10.3 Å². The largest absolute Gasteiger partial charge is 0.497 e. The molecule has 1 aromatic heterocycles. The molecule has 3 rings (SSSR count). The van der Waals surface area contributed by atoms with Gasteiger partial charge in [0.1, 0.15) is 30.5 Å². The summed E-state index contributed by atoms with van der Waals surface area (Å²) in [5.74, 6) is 1.63. The van der Waals surface area contributed by atoms with Crippen LogP contribution in [0.4, 0.5) is 0 Å². The van der Waals surface area contributed by atoms with Crippen LogP contribution in [-0.4, -0.2) is 28.6 Å². The normalized spacial score (nSPS) is 14.1. The van der Waals surface area contributed by atoms with Gasteiger partial charge in [0.15, 0.2) is 0 Å². The maximum atomic E-state index is 12.4. The predicted molar refractivity (Wildman–Crippen MR) is 101 cm³/mol. The highest BCUT2D eigenvalue weighted by Crippen LogP contribution is 2.18. The van der Waals surface area contributed by atoms with Crippen LogP contribution in [0.3, 0.4) is 0 Å². The molecule has 0 spiro atoms. The first-order chi connectivity index (χ1) is 13.0. The van der Waals surface area contributed by atoms with Gasteiger partial charge in [0.2, 0.25) is 5.91 Å². The van der Waals surface area contributed by atoms with Crippen molar-refractivity contribution in [2.45, 2.75) is 51.8 Å². The Bertz CT molecular complexity index is 839. The van der Waals surface area contributed by atoms with Crippen LogP contribution in [0.5, 0.6) is 11.5 Å². The van der Waals surface area contributed by atoms with Gasteiger partial charge in [0.25, 0.3) is 5.56 Å². The van der Waals surface area contributed by atoms with Crippen molar-refractivity contribution in [1.82, 2.24) is 14.9 Å². The molecule has 27 heavy (non-hydrogen) atoms.